The summed E-state index contributed by atoms with van der Waals surface area (Å²) in [5.41, 5.74) is 1.05. The first-order valence-electron chi connectivity index (χ1n) is 6.12. The van der Waals surface area contributed by atoms with E-state index in [-0.39, 0.29) is 17.6 Å². The van der Waals surface area contributed by atoms with Crippen molar-refractivity contribution >= 4 is 17.5 Å². The lowest BCUT2D eigenvalue weighted by atomic mass is 10.1. The Morgan fingerprint density at radius 3 is 2.80 bits per heavy atom. The Morgan fingerprint density at radius 2 is 2.15 bits per heavy atom. The smallest absolute Gasteiger partial charge is 0.273 e. The van der Waals surface area contributed by atoms with Gasteiger partial charge in [0.05, 0.1) is 6.61 Å². The minimum atomic E-state index is -0.293. The number of halogens is 1. The maximum atomic E-state index is 11.9. The largest absolute Gasteiger partial charge is 0.383 e. The Kier molecular flexibility index (Phi) is 4.76. The minimum Gasteiger partial charge on any atom is -0.383 e. The predicted molar refractivity (Wildman–Crippen MR) is 75.8 cm³/mol. The quantitative estimate of drug-likeness (QED) is 0.921. The molecule has 0 radical (unpaired) electrons. The van der Waals surface area contributed by atoms with E-state index in [1.165, 1.54) is 0 Å². The molecule has 1 amide bonds. The molecule has 0 spiro atoms. The van der Waals surface area contributed by atoms with Crippen LogP contribution in [0.4, 0.5) is 0 Å². The molecule has 0 bridgehead atoms. The molecule has 0 aliphatic carbocycles. The molecule has 5 nitrogen and oxygen atoms in total. The zero-order valence-electron chi connectivity index (χ0n) is 11.2. The summed E-state index contributed by atoms with van der Waals surface area (Å²) in [6.45, 7) is 2.29. The summed E-state index contributed by atoms with van der Waals surface area (Å²) in [5.74, 6) is 0.227. The fourth-order valence-electron chi connectivity index (χ4n) is 1.72. The molecule has 1 aromatic carbocycles. The highest BCUT2D eigenvalue weighted by Crippen LogP contribution is 2.22. The molecule has 1 N–H and O–H groups in total. The lowest BCUT2D eigenvalue weighted by molar-refractivity contribution is 0.0896. The van der Waals surface area contributed by atoms with E-state index in [9.17, 15) is 4.79 Å². The van der Waals surface area contributed by atoms with Crippen LogP contribution in [0, 0.1) is 0 Å². The summed E-state index contributed by atoms with van der Waals surface area (Å²) in [4.78, 5) is 11.9. The van der Waals surface area contributed by atoms with E-state index >= 15 is 0 Å². The van der Waals surface area contributed by atoms with Crippen molar-refractivity contribution in [2.45, 2.75) is 13.0 Å². The van der Waals surface area contributed by atoms with Gasteiger partial charge in [-0.1, -0.05) is 16.8 Å². The summed E-state index contributed by atoms with van der Waals surface area (Å²) >= 11 is 5.82. The third-order valence-electron chi connectivity index (χ3n) is 2.67. The van der Waals surface area contributed by atoms with Crippen molar-refractivity contribution in [1.29, 1.82) is 0 Å². The SMILES string of the molecule is COC[C@@H](C)NC(=O)c1cc(-c2ccc(Cl)cc2)on1. The first-order chi connectivity index (χ1) is 9.60. The Bertz CT molecular complexity index is 580. The van der Waals surface area contributed by atoms with Gasteiger partial charge < -0.3 is 14.6 Å². The van der Waals surface area contributed by atoms with Crippen LogP contribution in [0.3, 0.4) is 0 Å². The van der Waals surface area contributed by atoms with Gasteiger partial charge in [0.1, 0.15) is 0 Å². The molecule has 20 heavy (non-hydrogen) atoms. The van der Waals surface area contributed by atoms with Crippen LogP contribution in [-0.2, 0) is 4.74 Å². The zero-order valence-corrected chi connectivity index (χ0v) is 12.0. The number of carbonyl (C=O) groups excluding carboxylic acids is 1. The van der Waals surface area contributed by atoms with E-state index in [0.717, 1.165) is 5.56 Å². The molecule has 0 saturated carbocycles. The van der Waals surface area contributed by atoms with Crippen LogP contribution in [0.5, 0.6) is 0 Å². The minimum absolute atomic E-state index is 0.0943. The molecule has 1 atom stereocenters. The van der Waals surface area contributed by atoms with Gasteiger partial charge in [-0.05, 0) is 31.2 Å². The summed E-state index contributed by atoms with van der Waals surface area (Å²) in [6.07, 6.45) is 0. The van der Waals surface area contributed by atoms with Gasteiger partial charge in [-0.3, -0.25) is 4.79 Å². The van der Waals surface area contributed by atoms with E-state index in [1.54, 1.807) is 37.4 Å². The van der Waals surface area contributed by atoms with Gasteiger partial charge in [0, 0.05) is 29.8 Å². The van der Waals surface area contributed by atoms with Gasteiger partial charge in [0.15, 0.2) is 11.5 Å². The Balaban J connectivity index is 2.08. The number of hydrogen-bond acceptors (Lipinski definition) is 4. The number of nitrogens with one attached hydrogen (secondary N) is 1. The van der Waals surface area contributed by atoms with Gasteiger partial charge in [0.25, 0.3) is 5.91 Å². The fourth-order valence-corrected chi connectivity index (χ4v) is 1.85. The average Bonchev–Trinajstić information content (AvgIpc) is 2.89. The van der Waals surface area contributed by atoms with E-state index in [4.69, 9.17) is 20.9 Å². The molecule has 1 heterocycles. The molecule has 0 aliphatic heterocycles. The lowest BCUT2D eigenvalue weighted by Crippen LogP contribution is -2.35. The van der Waals surface area contributed by atoms with Gasteiger partial charge >= 0.3 is 0 Å². The molecular weight excluding hydrogens is 280 g/mol. The van der Waals surface area contributed by atoms with E-state index in [2.05, 4.69) is 10.5 Å². The van der Waals surface area contributed by atoms with Crippen LogP contribution in [0.2, 0.25) is 5.02 Å². The molecule has 0 fully saturated rings. The summed E-state index contributed by atoms with van der Waals surface area (Å²) in [6, 6.07) is 8.61. The molecule has 106 valence electrons. The number of carbonyl (C=O) groups is 1. The maximum Gasteiger partial charge on any atom is 0.273 e. The molecule has 2 rings (SSSR count). The van der Waals surface area contributed by atoms with Gasteiger partial charge in [0.2, 0.25) is 0 Å². The summed E-state index contributed by atoms with van der Waals surface area (Å²) in [5, 5.41) is 7.17. The second kappa shape index (κ2) is 6.54. The van der Waals surface area contributed by atoms with Crippen molar-refractivity contribution in [2.75, 3.05) is 13.7 Å². The number of methoxy groups -OCH3 is 1. The van der Waals surface area contributed by atoms with Crippen LogP contribution in [0.25, 0.3) is 11.3 Å². The molecular formula is C14H15ClN2O3. The first kappa shape index (κ1) is 14.6. The first-order valence-corrected chi connectivity index (χ1v) is 6.50. The molecule has 0 saturated heterocycles. The summed E-state index contributed by atoms with van der Waals surface area (Å²) in [7, 11) is 1.58. The number of ether oxygens (including phenoxy) is 1. The highest BCUT2D eigenvalue weighted by atomic mass is 35.5. The van der Waals surface area contributed by atoms with Crippen molar-refractivity contribution in [3.8, 4) is 11.3 Å². The second-order valence-corrected chi connectivity index (χ2v) is 4.85. The lowest BCUT2D eigenvalue weighted by Gasteiger charge is -2.10. The van der Waals surface area contributed by atoms with E-state index in [0.29, 0.717) is 17.4 Å². The van der Waals surface area contributed by atoms with Crippen molar-refractivity contribution in [2.24, 2.45) is 0 Å². The molecule has 6 heteroatoms. The standard InChI is InChI=1S/C14H15ClN2O3/c1-9(8-19-2)16-14(18)12-7-13(20-17-12)10-3-5-11(15)6-4-10/h3-7,9H,8H2,1-2H3,(H,16,18)/t9-/m1/s1. The number of aromatic nitrogens is 1. The third kappa shape index (κ3) is 3.59. The van der Waals surface area contributed by atoms with E-state index < -0.39 is 0 Å². The predicted octanol–water partition coefficient (Wildman–Crippen LogP) is 2.76. The number of rotatable bonds is 5. The zero-order chi connectivity index (χ0) is 14.5. The fraction of sp³-hybridized carbons (Fsp3) is 0.286. The van der Waals surface area contributed by atoms with Crippen molar-refractivity contribution < 1.29 is 14.1 Å². The Morgan fingerprint density at radius 1 is 1.45 bits per heavy atom. The van der Waals surface area contributed by atoms with Crippen LogP contribution >= 0.6 is 11.6 Å². The van der Waals surface area contributed by atoms with Gasteiger partial charge in [-0.2, -0.15) is 0 Å². The van der Waals surface area contributed by atoms with E-state index in [1.807, 2.05) is 6.92 Å². The topological polar surface area (TPSA) is 64.4 Å². The second-order valence-electron chi connectivity index (χ2n) is 4.41. The number of benzene rings is 1. The molecule has 1 aromatic heterocycles. The normalized spacial score (nSPS) is 12.2. The Labute approximate surface area is 121 Å². The molecule has 0 unspecified atom stereocenters. The Hall–Kier alpha value is -1.85. The van der Waals surface area contributed by atoms with Crippen LogP contribution in [0.1, 0.15) is 17.4 Å². The number of amides is 1. The van der Waals surface area contributed by atoms with Crippen molar-refractivity contribution in [3.05, 3.63) is 41.0 Å². The summed E-state index contributed by atoms with van der Waals surface area (Å²) < 4.78 is 10.1. The molecule has 2 aromatic rings. The van der Waals surface area contributed by atoms with Crippen molar-refractivity contribution in [1.82, 2.24) is 10.5 Å². The monoisotopic (exact) mass is 294 g/mol. The highest BCUT2D eigenvalue weighted by Gasteiger charge is 2.15. The van der Waals surface area contributed by atoms with Crippen LogP contribution in [0.15, 0.2) is 34.9 Å². The van der Waals surface area contributed by atoms with Crippen molar-refractivity contribution in [3.63, 3.8) is 0 Å². The maximum absolute atomic E-state index is 11.9. The van der Waals surface area contributed by atoms with Crippen LogP contribution in [-0.4, -0.2) is 30.8 Å². The number of hydrogen-bond donors (Lipinski definition) is 1. The van der Waals surface area contributed by atoms with Gasteiger partial charge in [-0.15, -0.1) is 0 Å². The van der Waals surface area contributed by atoms with Gasteiger partial charge in [-0.25, -0.2) is 0 Å². The van der Waals surface area contributed by atoms with Crippen LogP contribution < -0.4 is 5.32 Å². The number of nitrogens with zero attached hydrogens (tertiary/aromatic N) is 1. The third-order valence-corrected chi connectivity index (χ3v) is 2.92. The highest BCUT2D eigenvalue weighted by molar-refractivity contribution is 6.30. The molecule has 0 aliphatic rings. The average molecular weight is 295 g/mol.